The molecule has 30 heavy (non-hydrogen) atoms. The van der Waals surface area contributed by atoms with Crippen molar-refractivity contribution in [3.63, 3.8) is 0 Å². The first-order valence-electron chi connectivity index (χ1n) is 12.7. The molecular weight excluding hydrogens is 378 g/mol. The lowest BCUT2D eigenvalue weighted by molar-refractivity contribution is -0.0882. The molecule has 5 unspecified atom stereocenters. The van der Waals surface area contributed by atoms with Crippen molar-refractivity contribution in [1.82, 2.24) is 4.90 Å². The van der Waals surface area contributed by atoms with Gasteiger partial charge in [-0.15, -0.1) is 0 Å². The summed E-state index contributed by atoms with van der Waals surface area (Å²) in [6.45, 7) is 2.81. The Labute approximate surface area is 184 Å². The molecule has 0 bridgehead atoms. The van der Waals surface area contributed by atoms with Crippen LogP contribution in [-0.2, 0) is 0 Å². The van der Waals surface area contributed by atoms with Gasteiger partial charge in [0.15, 0.2) is 0 Å². The van der Waals surface area contributed by atoms with Gasteiger partial charge in [0.05, 0.1) is 12.6 Å². The molecule has 0 radical (unpaired) electrons. The molecule has 2 rings (SSSR count). The summed E-state index contributed by atoms with van der Waals surface area (Å²) in [7, 11) is 0. The molecule has 0 aromatic carbocycles. The zero-order valence-corrected chi connectivity index (χ0v) is 19.2. The lowest BCUT2D eigenvalue weighted by atomic mass is 9.86. The van der Waals surface area contributed by atoms with Crippen LogP contribution in [0.4, 0.5) is 0 Å². The lowest BCUT2D eigenvalue weighted by Gasteiger charge is -2.43. The van der Waals surface area contributed by atoms with Crippen LogP contribution < -0.4 is 0 Å². The molecule has 0 aromatic rings. The van der Waals surface area contributed by atoms with E-state index in [4.69, 9.17) is 0 Å². The van der Waals surface area contributed by atoms with Gasteiger partial charge in [0.2, 0.25) is 0 Å². The van der Waals surface area contributed by atoms with Crippen LogP contribution >= 0.6 is 0 Å². The van der Waals surface area contributed by atoms with Crippen LogP contribution in [0.1, 0.15) is 103 Å². The van der Waals surface area contributed by atoms with Crippen LogP contribution in [0.25, 0.3) is 0 Å². The number of hydrogen-bond acceptors (Lipinski definition) is 5. The second-order valence-corrected chi connectivity index (χ2v) is 9.64. The highest BCUT2D eigenvalue weighted by Crippen LogP contribution is 2.27. The maximum atomic E-state index is 10.7. The van der Waals surface area contributed by atoms with Crippen LogP contribution in [-0.4, -0.2) is 68.9 Å². The molecule has 1 aliphatic heterocycles. The Balaban J connectivity index is 2.02. The Hall–Kier alpha value is -0.460. The maximum absolute atomic E-state index is 10.7. The van der Waals surface area contributed by atoms with Crippen LogP contribution in [0.2, 0.25) is 0 Å². The molecule has 4 N–H and O–H groups in total. The van der Waals surface area contributed by atoms with Crippen molar-refractivity contribution < 1.29 is 20.4 Å². The van der Waals surface area contributed by atoms with Crippen LogP contribution in [0, 0.1) is 0 Å². The van der Waals surface area contributed by atoms with E-state index in [1.165, 1.54) is 83.5 Å². The molecule has 0 aromatic heterocycles. The zero-order valence-electron chi connectivity index (χ0n) is 19.2. The van der Waals surface area contributed by atoms with E-state index in [-0.39, 0.29) is 12.6 Å². The van der Waals surface area contributed by atoms with Gasteiger partial charge in [-0.3, -0.25) is 4.90 Å². The van der Waals surface area contributed by atoms with E-state index >= 15 is 0 Å². The highest BCUT2D eigenvalue weighted by Gasteiger charge is 2.40. The van der Waals surface area contributed by atoms with E-state index in [9.17, 15) is 20.4 Å². The third-order valence-corrected chi connectivity index (χ3v) is 7.21. The van der Waals surface area contributed by atoms with Gasteiger partial charge in [0, 0.05) is 6.04 Å². The summed E-state index contributed by atoms with van der Waals surface area (Å²) in [6, 6.07) is -0.0617. The van der Waals surface area contributed by atoms with E-state index < -0.39 is 18.3 Å². The fourth-order valence-electron chi connectivity index (χ4n) is 5.15. The summed E-state index contributed by atoms with van der Waals surface area (Å²) in [5.74, 6) is 0. The zero-order chi connectivity index (χ0) is 21.8. The van der Waals surface area contributed by atoms with Crippen molar-refractivity contribution >= 4 is 0 Å². The van der Waals surface area contributed by atoms with Crippen LogP contribution in [0.5, 0.6) is 0 Å². The highest BCUT2D eigenvalue weighted by molar-refractivity contribution is 5.22. The van der Waals surface area contributed by atoms with Gasteiger partial charge in [0.25, 0.3) is 0 Å². The minimum atomic E-state index is -1.25. The van der Waals surface area contributed by atoms with Crippen molar-refractivity contribution in [1.29, 1.82) is 0 Å². The summed E-state index contributed by atoms with van der Waals surface area (Å²) in [5, 5.41) is 40.8. The standard InChI is InChI=1S/C25H47NO4/c1-20-16-14-12-10-8-6-4-2-3-5-7-9-11-13-15-17-26(20)22-18-21(19-27)23(28)25(30)24(22)29/h18,20,22-25,27-30H,2-17,19H2,1H3. The molecule has 1 fully saturated rings. The number of aliphatic hydroxyl groups is 4. The van der Waals surface area contributed by atoms with Crippen molar-refractivity contribution in [2.75, 3.05) is 13.2 Å². The van der Waals surface area contributed by atoms with Crippen molar-refractivity contribution in [2.24, 2.45) is 0 Å². The molecule has 0 saturated carbocycles. The van der Waals surface area contributed by atoms with Gasteiger partial charge < -0.3 is 20.4 Å². The molecule has 1 aliphatic carbocycles. The number of hydrogen-bond donors (Lipinski definition) is 4. The Morgan fingerprint density at radius 1 is 0.733 bits per heavy atom. The molecule has 2 aliphatic rings. The van der Waals surface area contributed by atoms with Crippen LogP contribution in [0.3, 0.4) is 0 Å². The number of rotatable bonds is 2. The smallest absolute Gasteiger partial charge is 0.111 e. The molecule has 1 heterocycles. The Morgan fingerprint density at radius 2 is 1.20 bits per heavy atom. The number of aliphatic hydroxyl groups excluding tert-OH is 4. The third kappa shape index (κ3) is 8.23. The normalized spacial score (nSPS) is 35.2. The molecule has 1 saturated heterocycles. The Morgan fingerprint density at radius 3 is 1.70 bits per heavy atom. The molecule has 5 atom stereocenters. The van der Waals surface area contributed by atoms with Crippen LogP contribution in [0.15, 0.2) is 11.6 Å². The van der Waals surface area contributed by atoms with E-state index in [1.807, 2.05) is 0 Å². The minimum absolute atomic E-state index is 0.288. The van der Waals surface area contributed by atoms with E-state index in [0.717, 1.165) is 19.4 Å². The van der Waals surface area contributed by atoms with Gasteiger partial charge in [-0.05, 0) is 31.9 Å². The molecular formula is C25H47NO4. The lowest BCUT2D eigenvalue weighted by Crippen LogP contribution is -2.57. The Bertz CT molecular complexity index is 484. The fraction of sp³-hybridized carbons (Fsp3) is 0.920. The predicted octanol–water partition coefficient (Wildman–Crippen LogP) is 3.93. The summed E-state index contributed by atoms with van der Waals surface area (Å²) in [6.07, 6.45) is 17.6. The average molecular weight is 426 g/mol. The summed E-state index contributed by atoms with van der Waals surface area (Å²) >= 11 is 0. The van der Waals surface area contributed by atoms with Crippen molar-refractivity contribution in [3.8, 4) is 0 Å². The molecule has 5 heteroatoms. The first-order valence-corrected chi connectivity index (χ1v) is 12.7. The Kier molecular flexibility index (Phi) is 12.5. The average Bonchev–Trinajstić information content (AvgIpc) is 2.74. The van der Waals surface area contributed by atoms with Gasteiger partial charge in [-0.25, -0.2) is 0 Å². The van der Waals surface area contributed by atoms with Gasteiger partial charge in [-0.1, -0.05) is 89.5 Å². The highest BCUT2D eigenvalue weighted by atomic mass is 16.4. The molecule has 176 valence electrons. The number of nitrogens with zero attached hydrogens (tertiary/aromatic N) is 1. The summed E-state index contributed by atoms with van der Waals surface area (Å²) in [5.41, 5.74) is 0.421. The van der Waals surface area contributed by atoms with Gasteiger partial charge in [0.1, 0.15) is 18.3 Å². The van der Waals surface area contributed by atoms with E-state index in [1.54, 1.807) is 6.08 Å². The molecule has 0 amide bonds. The SMILES string of the molecule is CC1CCCCCCCCCCCCCCCCN1C1C=C(CO)C(O)C(O)C1O. The van der Waals surface area contributed by atoms with E-state index in [0.29, 0.717) is 11.6 Å². The summed E-state index contributed by atoms with van der Waals surface area (Å²) < 4.78 is 0. The predicted molar refractivity (Wildman–Crippen MR) is 122 cm³/mol. The molecule has 5 nitrogen and oxygen atoms in total. The second kappa shape index (κ2) is 14.6. The van der Waals surface area contributed by atoms with E-state index in [2.05, 4.69) is 11.8 Å². The molecule has 0 spiro atoms. The first-order chi connectivity index (χ1) is 14.6. The topological polar surface area (TPSA) is 84.2 Å². The third-order valence-electron chi connectivity index (χ3n) is 7.21. The summed E-state index contributed by atoms with van der Waals surface area (Å²) in [4.78, 5) is 2.30. The maximum Gasteiger partial charge on any atom is 0.111 e. The van der Waals surface area contributed by atoms with Crippen molar-refractivity contribution in [3.05, 3.63) is 11.6 Å². The quantitative estimate of drug-likeness (QED) is 0.504. The first kappa shape index (κ1) is 25.8. The van der Waals surface area contributed by atoms with Gasteiger partial charge >= 0.3 is 0 Å². The minimum Gasteiger partial charge on any atom is -0.392 e. The fourth-order valence-corrected chi connectivity index (χ4v) is 5.15. The monoisotopic (exact) mass is 425 g/mol. The largest absolute Gasteiger partial charge is 0.392 e. The second-order valence-electron chi connectivity index (χ2n) is 9.64. The van der Waals surface area contributed by atoms with Gasteiger partial charge in [-0.2, -0.15) is 0 Å². The van der Waals surface area contributed by atoms with Crippen molar-refractivity contribution in [2.45, 2.75) is 134 Å².